The summed E-state index contributed by atoms with van der Waals surface area (Å²) in [6.45, 7) is 11.7. The predicted molar refractivity (Wildman–Crippen MR) is 108 cm³/mol. The molecule has 4 heteroatoms. The van der Waals surface area contributed by atoms with E-state index in [0.29, 0.717) is 5.56 Å². The average Bonchev–Trinajstić information content (AvgIpc) is 2.61. The van der Waals surface area contributed by atoms with Gasteiger partial charge in [0.25, 0.3) is 5.91 Å². The number of benzene rings is 2. The van der Waals surface area contributed by atoms with E-state index < -0.39 is 0 Å². The zero-order valence-corrected chi connectivity index (χ0v) is 16.3. The van der Waals surface area contributed by atoms with Crippen LogP contribution in [0.4, 0.5) is 5.69 Å². The highest BCUT2D eigenvalue weighted by molar-refractivity contribution is 6.04. The molecule has 0 aliphatic carbocycles. The summed E-state index contributed by atoms with van der Waals surface area (Å²) in [5.41, 5.74) is 6.45. The summed E-state index contributed by atoms with van der Waals surface area (Å²) >= 11 is 0. The molecule has 1 fully saturated rings. The fraction of sp³-hybridized carbons (Fsp3) is 0.409. The molecule has 1 amide bonds. The van der Waals surface area contributed by atoms with Crippen molar-refractivity contribution in [3.63, 3.8) is 0 Å². The van der Waals surface area contributed by atoms with Crippen LogP contribution in [0.15, 0.2) is 36.4 Å². The zero-order valence-electron chi connectivity index (χ0n) is 16.3. The molecule has 138 valence electrons. The van der Waals surface area contributed by atoms with E-state index in [1.807, 2.05) is 31.2 Å². The number of nitrogens with one attached hydrogen (secondary N) is 1. The van der Waals surface area contributed by atoms with Gasteiger partial charge in [-0.25, -0.2) is 0 Å². The highest BCUT2D eigenvalue weighted by Crippen LogP contribution is 2.19. The quantitative estimate of drug-likeness (QED) is 0.914. The Morgan fingerprint density at radius 1 is 0.923 bits per heavy atom. The molecule has 1 saturated heterocycles. The summed E-state index contributed by atoms with van der Waals surface area (Å²) in [5, 5.41) is 3.02. The van der Waals surface area contributed by atoms with Gasteiger partial charge in [0.2, 0.25) is 0 Å². The Kier molecular flexibility index (Phi) is 5.74. The third kappa shape index (κ3) is 4.51. The number of rotatable bonds is 4. The van der Waals surface area contributed by atoms with Crippen LogP contribution in [0.25, 0.3) is 0 Å². The Labute approximate surface area is 156 Å². The summed E-state index contributed by atoms with van der Waals surface area (Å²) in [6.07, 6.45) is 0. The molecule has 0 unspecified atom stereocenters. The van der Waals surface area contributed by atoms with E-state index in [1.165, 1.54) is 16.7 Å². The van der Waals surface area contributed by atoms with Crippen LogP contribution in [0.5, 0.6) is 0 Å². The maximum Gasteiger partial charge on any atom is 0.255 e. The van der Waals surface area contributed by atoms with E-state index in [0.717, 1.165) is 44.0 Å². The van der Waals surface area contributed by atoms with Crippen LogP contribution in [0.2, 0.25) is 0 Å². The Bertz CT molecular complexity index is 792. The number of carbonyl (C=O) groups is 1. The standard InChI is InChI=1S/C22H29N3O/c1-16-5-6-19(13-17(16)2)22(26)23-21-8-7-20(18(3)14-21)15-25-11-9-24(4)10-12-25/h5-8,13-14H,9-12,15H2,1-4H3,(H,23,26). The van der Waals surface area contributed by atoms with Crippen molar-refractivity contribution in [2.75, 3.05) is 38.5 Å². The first-order chi connectivity index (χ1) is 12.4. The van der Waals surface area contributed by atoms with Crippen molar-refractivity contribution in [3.05, 3.63) is 64.2 Å². The predicted octanol–water partition coefficient (Wildman–Crippen LogP) is 3.61. The topological polar surface area (TPSA) is 35.6 Å². The maximum atomic E-state index is 12.5. The third-order valence-corrected chi connectivity index (χ3v) is 5.36. The van der Waals surface area contributed by atoms with Gasteiger partial charge in [0.1, 0.15) is 0 Å². The van der Waals surface area contributed by atoms with E-state index in [2.05, 4.69) is 48.1 Å². The normalized spacial score (nSPS) is 15.8. The van der Waals surface area contributed by atoms with Gasteiger partial charge < -0.3 is 10.2 Å². The van der Waals surface area contributed by atoms with Crippen LogP contribution in [-0.4, -0.2) is 48.9 Å². The fourth-order valence-corrected chi connectivity index (χ4v) is 3.28. The molecule has 0 bridgehead atoms. The second-order valence-electron chi connectivity index (χ2n) is 7.47. The van der Waals surface area contributed by atoms with Crippen molar-refractivity contribution in [2.45, 2.75) is 27.3 Å². The smallest absolute Gasteiger partial charge is 0.255 e. The molecule has 1 aliphatic rings. The lowest BCUT2D eigenvalue weighted by Gasteiger charge is -2.32. The highest BCUT2D eigenvalue weighted by Gasteiger charge is 2.15. The van der Waals surface area contributed by atoms with Gasteiger partial charge in [0.15, 0.2) is 0 Å². The molecule has 0 spiro atoms. The summed E-state index contributed by atoms with van der Waals surface area (Å²) in [4.78, 5) is 17.4. The van der Waals surface area contributed by atoms with Crippen LogP contribution >= 0.6 is 0 Å². The van der Waals surface area contributed by atoms with Crippen LogP contribution in [0, 0.1) is 20.8 Å². The molecule has 4 nitrogen and oxygen atoms in total. The van der Waals surface area contributed by atoms with Gasteiger partial charge >= 0.3 is 0 Å². The van der Waals surface area contributed by atoms with E-state index in [4.69, 9.17) is 0 Å². The number of anilines is 1. The van der Waals surface area contributed by atoms with Crippen molar-refractivity contribution >= 4 is 11.6 Å². The molecule has 0 saturated carbocycles. The van der Waals surface area contributed by atoms with E-state index in [9.17, 15) is 4.79 Å². The molecule has 2 aromatic rings. The number of nitrogens with zero attached hydrogens (tertiary/aromatic N) is 2. The molecule has 2 aromatic carbocycles. The van der Waals surface area contributed by atoms with Gasteiger partial charge in [-0.1, -0.05) is 12.1 Å². The van der Waals surface area contributed by atoms with Gasteiger partial charge in [-0.05, 0) is 74.3 Å². The van der Waals surface area contributed by atoms with E-state index in [-0.39, 0.29) is 5.91 Å². The largest absolute Gasteiger partial charge is 0.322 e. The van der Waals surface area contributed by atoms with Gasteiger partial charge in [-0.2, -0.15) is 0 Å². The molecule has 0 radical (unpaired) electrons. The molecular formula is C22H29N3O. The number of aryl methyl sites for hydroxylation is 3. The van der Waals surface area contributed by atoms with Crippen molar-refractivity contribution in [3.8, 4) is 0 Å². The van der Waals surface area contributed by atoms with E-state index >= 15 is 0 Å². The lowest BCUT2D eigenvalue weighted by Crippen LogP contribution is -2.43. The van der Waals surface area contributed by atoms with Crippen LogP contribution in [0.3, 0.4) is 0 Å². The summed E-state index contributed by atoms with van der Waals surface area (Å²) in [6, 6.07) is 12.0. The van der Waals surface area contributed by atoms with Crippen molar-refractivity contribution in [1.82, 2.24) is 9.80 Å². The fourth-order valence-electron chi connectivity index (χ4n) is 3.28. The number of hydrogen-bond acceptors (Lipinski definition) is 3. The number of likely N-dealkylation sites (N-methyl/N-ethyl adjacent to an activating group) is 1. The Morgan fingerprint density at radius 2 is 1.65 bits per heavy atom. The van der Waals surface area contributed by atoms with Crippen molar-refractivity contribution in [2.24, 2.45) is 0 Å². The Hall–Kier alpha value is -2.17. The molecule has 1 N–H and O–H groups in total. The minimum atomic E-state index is -0.0562. The number of carbonyl (C=O) groups excluding carboxylic acids is 1. The lowest BCUT2D eigenvalue weighted by molar-refractivity contribution is 0.102. The Balaban J connectivity index is 1.65. The molecule has 0 aromatic heterocycles. The minimum Gasteiger partial charge on any atom is -0.322 e. The second kappa shape index (κ2) is 8.02. The molecule has 26 heavy (non-hydrogen) atoms. The first-order valence-electron chi connectivity index (χ1n) is 9.31. The van der Waals surface area contributed by atoms with Crippen LogP contribution < -0.4 is 5.32 Å². The van der Waals surface area contributed by atoms with Crippen LogP contribution in [-0.2, 0) is 6.54 Å². The van der Waals surface area contributed by atoms with E-state index in [1.54, 1.807) is 0 Å². The SMILES string of the molecule is Cc1ccc(C(=O)Nc2ccc(CN3CCN(C)CC3)c(C)c2)cc1C. The monoisotopic (exact) mass is 351 g/mol. The third-order valence-electron chi connectivity index (χ3n) is 5.36. The number of amides is 1. The summed E-state index contributed by atoms with van der Waals surface area (Å²) in [7, 11) is 2.18. The molecular weight excluding hydrogens is 322 g/mol. The minimum absolute atomic E-state index is 0.0562. The molecule has 1 aliphatic heterocycles. The highest BCUT2D eigenvalue weighted by atomic mass is 16.1. The van der Waals surface area contributed by atoms with Crippen LogP contribution in [0.1, 0.15) is 32.6 Å². The Morgan fingerprint density at radius 3 is 2.31 bits per heavy atom. The maximum absolute atomic E-state index is 12.5. The first kappa shape index (κ1) is 18.6. The molecule has 1 heterocycles. The van der Waals surface area contributed by atoms with Gasteiger partial charge in [0, 0.05) is 44.0 Å². The first-order valence-corrected chi connectivity index (χ1v) is 9.31. The van der Waals surface area contributed by atoms with Gasteiger partial charge in [0.05, 0.1) is 0 Å². The molecule has 3 rings (SSSR count). The summed E-state index contributed by atoms with van der Waals surface area (Å²) in [5.74, 6) is -0.0562. The zero-order chi connectivity index (χ0) is 18.7. The molecule has 0 atom stereocenters. The second-order valence-corrected chi connectivity index (χ2v) is 7.47. The summed E-state index contributed by atoms with van der Waals surface area (Å²) < 4.78 is 0. The van der Waals surface area contributed by atoms with Gasteiger partial charge in [-0.3, -0.25) is 9.69 Å². The number of hydrogen-bond donors (Lipinski definition) is 1. The van der Waals surface area contributed by atoms with Crippen molar-refractivity contribution < 1.29 is 4.79 Å². The number of piperazine rings is 1. The van der Waals surface area contributed by atoms with Gasteiger partial charge in [-0.15, -0.1) is 0 Å². The lowest BCUT2D eigenvalue weighted by atomic mass is 10.0. The van der Waals surface area contributed by atoms with Crippen molar-refractivity contribution in [1.29, 1.82) is 0 Å². The average molecular weight is 351 g/mol.